The third-order valence-corrected chi connectivity index (χ3v) is 5.51. The Bertz CT molecular complexity index is 888. The van der Waals surface area contributed by atoms with E-state index in [0.717, 1.165) is 5.56 Å². The average Bonchev–Trinajstić information content (AvgIpc) is 3.10. The molecule has 25 heavy (non-hydrogen) atoms. The highest BCUT2D eigenvalue weighted by Gasteiger charge is 2.30. The standard InChI is InChI=1S/C16H17FN2O5S/c1-11-2-3-12(17)13(10-11)18-16(20)14-4-5-15(24-14)25(21,22)19-6-8-23-9-7-19/h2-5,10H,6-9H2,1H3,(H,18,20). The van der Waals surface area contributed by atoms with Crippen LogP contribution in [0.3, 0.4) is 0 Å². The lowest BCUT2D eigenvalue weighted by molar-refractivity contribution is 0.0723. The molecular formula is C16H17FN2O5S. The Balaban J connectivity index is 1.78. The molecule has 7 nitrogen and oxygen atoms in total. The van der Waals surface area contributed by atoms with Gasteiger partial charge >= 0.3 is 0 Å². The number of morpholine rings is 1. The zero-order valence-electron chi connectivity index (χ0n) is 13.5. The van der Waals surface area contributed by atoms with Crippen LogP contribution in [0.25, 0.3) is 0 Å². The average molecular weight is 368 g/mol. The van der Waals surface area contributed by atoms with E-state index in [2.05, 4.69) is 5.32 Å². The molecule has 2 heterocycles. The van der Waals surface area contributed by atoms with Gasteiger partial charge in [-0.3, -0.25) is 4.79 Å². The molecule has 2 aromatic rings. The summed E-state index contributed by atoms with van der Waals surface area (Å²) in [5.41, 5.74) is 0.769. The number of nitrogens with one attached hydrogen (secondary N) is 1. The third-order valence-electron chi connectivity index (χ3n) is 3.74. The number of sulfonamides is 1. The third kappa shape index (κ3) is 3.73. The number of aryl methyl sites for hydroxylation is 1. The van der Waals surface area contributed by atoms with E-state index in [9.17, 15) is 17.6 Å². The van der Waals surface area contributed by atoms with E-state index >= 15 is 0 Å². The van der Waals surface area contributed by atoms with E-state index in [0.29, 0.717) is 13.2 Å². The topological polar surface area (TPSA) is 88.9 Å². The summed E-state index contributed by atoms with van der Waals surface area (Å²) in [6.07, 6.45) is 0. The highest BCUT2D eigenvalue weighted by Crippen LogP contribution is 2.22. The number of carbonyl (C=O) groups is 1. The molecule has 0 atom stereocenters. The van der Waals surface area contributed by atoms with E-state index in [1.165, 1.54) is 28.6 Å². The van der Waals surface area contributed by atoms with Crippen molar-refractivity contribution in [2.75, 3.05) is 31.6 Å². The van der Waals surface area contributed by atoms with E-state index in [1.54, 1.807) is 13.0 Å². The highest BCUT2D eigenvalue weighted by atomic mass is 32.2. The number of furan rings is 1. The number of hydrogen-bond donors (Lipinski definition) is 1. The molecule has 0 saturated carbocycles. The Morgan fingerprint density at radius 1 is 1.20 bits per heavy atom. The van der Waals surface area contributed by atoms with Crippen LogP contribution in [-0.2, 0) is 14.8 Å². The largest absolute Gasteiger partial charge is 0.438 e. The number of nitrogens with zero attached hydrogens (tertiary/aromatic N) is 1. The van der Waals surface area contributed by atoms with Gasteiger partial charge in [0.15, 0.2) is 5.76 Å². The first-order valence-electron chi connectivity index (χ1n) is 7.63. The smallest absolute Gasteiger partial charge is 0.291 e. The fourth-order valence-corrected chi connectivity index (χ4v) is 3.73. The summed E-state index contributed by atoms with van der Waals surface area (Å²) in [5, 5.41) is 2.05. The molecule has 1 fully saturated rings. The molecule has 3 rings (SSSR count). The minimum atomic E-state index is -3.83. The zero-order valence-corrected chi connectivity index (χ0v) is 14.3. The molecule has 1 N–H and O–H groups in total. The quantitative estimate of drug-likeness (QED) is 0.892. The minimum absolute atomic E-state index is 0.000938. The van der Waals surface area contributed by atoms with Crippen molar-refractivity contribution in [1.29, 1.82) is 0 Å². The molecule has 0 radical (unpaired) electrons. The van der Waals surface area contributed by atoms with Crippen molar-refractivity contribution < 1.29 is 26.8 Å². The van der Waals surface area contributed by atoms with Crippen molar-refractivity contribution in [1.82, 2.24) is 4.31 Å². The maximum atomic E-state index is 13.7. The number of halogens is 1. The van der Waals surface area contributed by atoms with Gasteiger partial charge in [0.2, 0.25) is 5.09 Å². The van der Waals surface area contributed by atoms with Gasteiger partial charge in [0.05, 0.1) is 18.9 Å². The van der Waals surface area contributed by atoms with E-state index in [4.69, 9.17) is 9.15 Å². The van der Waals surface area contributed by atoms with E-state index in [-0.39, 0.29) is 29.6 Å². The molecule has 0 unspecified atom stereocenters. The summed E-state index contributed by atoms with van der Waals surface area (Å²) >= 11 is 0. The van der Waals surface area contributed by atoms with Crippen LogP contribution < -0.4 is 5.32 Å². The Morgan fingerprint density at radius 2 is 1.92 bits per heavy atom. The first-order valence-corrected chi connectivity index (χ1v) is 9.07. The maximum Gasteiger partial charge on any atom is 0.291 e. The molecule has 1 aliphatic rings. The second kappa shape index (κ2) is 6.95. The molecule has 1 aromatic carbocycles. The highest BCUT2D eigenvalue weighted by molar-refractivity contribution is 7.89. The van der Waals surface area contributed by atoms with Crippen molar-refractivity contribution >= 4 is 21.6 Å². The van der Waals surface area contributed by atoms with Crippen LogP contribution in [0.1, 0.15) is 16.1 Å². The first kappa shape index (κ1) is 17.6. The predicted octanol–water partition coefficient (Wildman–Crippen LogP) is 2.00. The summed E-state index contributed by atoms with van der Waals surface area (Å²) in [6.45, 7) is 2.81. The summed E-state index contributed by atoms with van der Waals surface area (Å²) in [6, 6.07) is 6.75. The predicted molar refractivity (Wildman–Crippen MR) is 87.4 cm³/mol. The molecule has 1 aliphatic heterocycles. The SMILES string of the molecule is Cc1ccc(F)c(NC(=O)c2ccc(S(=O)(=O)N3CCOCC3)o2)c1. The van der Waals surface area contributed by atoms with Crippen molar-refractivity contribution in [3.8, 4) is 0 Å². The van der Waals surface area contributed by atoms with E-state index < -0.39 is 21.7 Å². The fraction of sp³-hybridized carbons (Fsp3) is 0.312. The van der Waals surface area contributed by atoms with Crippen molar-refractivity contribution in [3.63, 3.8) is 0 Å². The molecule has 9 heteroatoms. The lowest BCUT2D eigenvalue weighted by Crippen LogP contribution is -2.40. The van der Waals surface area contributed by atoms with Gasteiger partial charge in [0.25, 0.3) is 15.9 Å². The van der Waals surface area contributed by atoms with Gasteiger partial charge in [-0.15, -0.1) is 0 Å². The minimum Gasteiger partial charge on any atom is -0.438 e. The van der Waals surface area contributed by atoms with Crippen LogP contribution in [0.15, 0.2) is 39.8 Å². The van der Waals surface area contributed by atoms with Crippen LogP contribution in [0.5, 0.6) is 0 Å². The van der Waals surface area contributed by atoms with Gasteiger partial charge in [-0.1, -0.05) is 6.07 Å². The zero-order chi connectivity index (χ0) is 18.0. The summed E-state index contributed by atoms with van der Waals surface area (Å²) in [5.74, 6) is -1.53. The Labute approximate surface area is 144 Å². The fourth-order valence-electron chi connectivity index (χ4n) is 2.41. The molecule has 0 spiro atoms. The number of carbonyl (C=O) groups excluding carboxylic acids is 1. The van der Waals surface area contributed by atoms with Crippen LogP contribution in [0, 0.1) is 12.7 Å². The number of benzene rings is 1. The molecule has 1 amide bonds. The van der Waals surface area contributed by atoms with Gasteiger partial charge in [-0.2, -0.15) is 4.31 Å². The van der Waals surface area contributed by atoms with E-state index in [1.807, 2.05) is 0 Å². The number of amides is 1. The van der Waals surface area contributed by atoms with Crippen molar-refractivity contribution in [3.05, 3.63) is 47.5 Å². The number of ether oxygens (including phenoxy) is 1. The Hall–Kier alpha value is -2.23. The van der Waals surface area contributed by atoms with Gasteiger partial charge in [-0.05, 0) is 36.8 Å². The molecule has 0 aliphatic carbocycles. The summed E-state index contributed by atoms with van der Waals surface area (Å²) < 4.78 is 50.2. The molecule has 0 bridgehead atoms. The van der Waals surface area contributed by atoms with Crippen molar-refractivity contribution in [2.24, 2.45) is 0 Å². The van der Waals surface area contributed by atoms with Crippen LogP contribution in [0.4, 0.5) is 10.1 Å². The summed E-state index contributed by atoms with van der Waals surface area (Å²) in [4.78, 5) is 12.2. The van der Waals surface area contributed by atoms with Gasteiger partial charge in [0, 0.05) is 13.1 Å². The lowest BCUT2D eigenvalue weighted by atomic mass is 10.2. The van der Waals surface area contributed by atoms with Gasteiger partial charge < -0.3 is 14.5 Å². The van der Waals surface area contributed by atoms with Gasteiger partial charge in [0.1, 0.15) is 5.82 Å². The number of rotatable bonds is 4. The van der Waals surface area contributed by atoms with Crippen LogP contribution in [0.2, 0.25) is 0 Å². The Morgan fingerprint density at radius 3 is 2.64 bits per heavy atom. The molecular weight excluding hydrogens is 351 g/mol. The van der Waals surface area contributed by atoms with Crippen molar-refractivity contribution in [2.45, 2.75) is 12.0 Å². The number of hydrogen-bond acceptors (Lipinski definition) is 5. The number of anilines is 1. The second-order valence-electron chi connectivity index (χ2n) is 5.57. The maximum absolute atomic E-state index is 13.7. The second-order valence-corrected chi connectivity index (χ2v) is 7.44. The van der Waals surface area contributed by atoms with Crippen LogP contribution in [-0.4, -0.2) is 44.9 Å². The molecule has 1 saturated heterocycles. The van der Waals surface area contributed by atoms with Gasteiger partial charge in [-0.25, -0.2) is 12.8 Å². The molecule has 1 aromatic heterocycles. The normalized spacial score (nSPS) is 15.9. The monoisotopic (exact) mass is 368 g/mol. The Kier molecular flexibility index (Phi) is 4.89. The van der Waals surface area contributed by atoms with Crippen LogP contribution >= 0.6 is 0 Å². The molecule has 134 valence electrons. The summed E-state index contributed by atoms with van der Waals surface area (Å²) in [7, 11) is -3.83. The lowest BCUT2D eigenvalue weighted by Gasteiger charge is -2.24. The first-order chi connectivity index (χ1) is 11.9.